The zero-order valence-corrected chi connectivity index (χ0v) is 41.8. The summed E-state index contributed by atoms with van der Waals surface area (Å²) >= 11 is 0. The Morgan fingerprint density at radius 2 is 0.571 bits per heavy atom. The summed E-state index contributed by atoms with van der Waals surface area (Å²) in [5.41, 5.74) is 0. The van der Waals surface area contributed by atoms with Gasteiger partial charge in [0.05, 0.1) is 0 Å². The highest BCUT2D eigenvalue weighted by molar-refractivity contribution is 5.71. The molecule has 0 aliphatic heterocycles. The molecular formula is C57H102O6. The van der Waals surface area contributed by atoms with E-state index in [4.69, 9.17) is 14.2 Å². The Labute approximate surface area is 390 Å². The molecule has 1 atom stereocenters. The van der Waals surface area contributed by atoms with Crippen LogP contribution < -0.4 is 0 Å². The molecule has 0 aromatic heterocycles. The molecule has 0 unspecified atom stereocenters. The lowest BCUT2D eigenvalue weighted by Gasteiger charge is -2.18. The number of carbonyl (C=O) groups excluding carboxylic acids is 3. The zero-order chi connectivity index (χ0) is 45.8. The van der Waals surface area contributed by atoms with Crippen LogP contribution in [0.2, 0.25) is 0 Å². The third-order valence-electron chi connectivity index (χ3n) is 11.8. The molecule has 0 heterocycles. The highest BCUT2D eigenvalue weighted by Crippen LogP contribution is 2.15. The minimum atomic E-state index is -0.778. The van der Waals surface area contributed by atoms with E-state index < -0.39 is 6.10 Å². The minimum Gasteiger partial charge on any atom is -0.462 e. The Hall–Kier alpha value is -2.63. The van der Waals surface area contributed by atoms with Crippen molar-refractivity contribution in [1.29, 1.82) is 0 Å². The van der Waals surface area contributed by atoms with E-state index in [1.165, 1.54) is 154 Å². The van der Waals surface area contributed by atoms with Crippen molar-refractivity contribution in [2.75, 3.05) is 13.2 Å². The number of hydrogen-bond donors (Lipinski definition) is 0. The monoisotopic (exact) mass is 883 g/mol. The van der Waals surface area contributed by atoms with Gasteiger partial charge in [-0.2, -0.15) is 0 Å². The van der Waals surface area contributed by atoms with Crippen LogP contribution in [0.4, 0.5) is 0 Å². The number of unbranched alkanes of at least 4 members (excludes halogenated alkanes) is 30. The molecule has 0 fully saturated rings. The smallest absolute Gasteiger partial charge is 0.306 e. The first kappa shape index (κ1) is 60.4. The summed E-state index contributed by atoms with van der Waals surface area (Å²) in [5, 5.41) is 0. The molecule has 366 valence electrons. The number of esters is 3. The highest BCUT2D eigenvalue weighted by Gasteiger charge is 2.19. The second-order valence-electron chi connectivity index (χ2n) is 18.1. The van der Waals surface area contributed by atoms with Gasteiger partial charge in [-0.25, -0.2) is 0 Å². The molecule has 0 spiro atoms. The second kappa shape index (κ2) is 52.0. The predicted octanol–water partition coefficient (Wildman–Crippen LogP) is 17.9. The van der Waals surface area contributed by atoms with Gasteiger partial charge in [0.25, 0.3) is 0 Å². The largest absolute Gasteiger partial charge is 0.462 e. The van der Waals surface area contributed by atoms with Crippen molar-refractivity contribution in [3.05, 3.63) is 48.6 Å². The molecule has 0 radical (unpaired) electrons. The van der Waals surface area contributed by atoms with E-state index in [0.29, 0.717) is 19.3 Å². The van der Waals surface area contributed by atoms with Crippen LogP contribution in [0.15, 0.2) is 48.6 Å². The van der Waals surface area contributed by atoms with Crippen molar-refractivity contribution >= 4 is 17.9 Å². The average Bonchev–Trinajstić information content (AvgIpc) is 3.28. The van der Waals surface area contributed by atoms with Gasteiger partial charge in [-0.3, -0.25) is 14.4 Å². The lowest BCUT2D eigenvalue weighted by molar-refractivity contribution is -0.167. The molecule has 0 rings (SSSR count). The Morgan fingerprint density at radius 3 is 0.905 bits per heavy atom. The Morgan fingerprint density at radius 1 is 0.317 bits per heavy atom. The van der Waals surface area contributed by atoms with Crippen molar-refractivity contribution in [1.82, 2.24) is 0 Å². The maximum atomic E-state index is 12.8. The minimum absolute atomic E-state index is 0.0770. The van der Waals surface area contributed by atoms with E-state index in [-0.39, 0.29) is 31.1 Å². The van der Waals surface area contributed by atoms with Crippen LogP contribution in [0.3, 0.4) is 0 Å². The molecule has 0 saturated heterocycles. The fraction of sp³-hybridized carbons (Fsp3) is 0.807. The number of rotatable bonds is 49. The molecule has 0 aromatic carbocycles. The molecule has 6 heteroatoms. The van der Waals surface area contributed by atoms with Crippen molar-refractivity contribution in [3.8, 4) is 0 Å². The van der Waals surface area contributed by atoms with E-state index >= 15 is 0 Å². The third-order valence-corrected chi connectivity index (χ3v) is 11.8. The lowest BCUT2D eigenvalue weighted by Crippen LogP contribution is -2.30. The molecule has 0 aromatic rings. The van der Waals surface area contributed by atoms with Crippen LogP contribution in [-0.2, 0) is 28.6 Å². The summed E-state index contributed by atoms with van der Waals surface area (Å²) in [4.78, 5) is 38.0. The van der Waals surface area contributed by atoms with Gasteiger partial charge in [0.15, 0.2) is 6.10 Å². The van der Waals surface area contributed by atoms with E-state index in [2.05, 4.69) is 69.4 Å². The van der Waals surface area contributed by atoms with Gasteiger partial charge < -0.3 is 14.2 Å². The van der Waals surface area contributed by atoms with Gasteiger partial charge >= 0.3 is 17.9 Å². The van der Waals surface area contributed by atoms with Crippen LogP contribution in [-0.4, -0.2) is 37.2 Å². The third kappa shape index (κ3) is 50.2. The summed E-state index contributed by atoms with van der Waals surface area (Å²) in [6.07, 6.45) is 62.3. The molecular weight excluding hydrogens is 781 g/mol. The van der Waals surface area contributed by atoms with Crippen molar-refractivity contribution in [2.24, 2.45) is 0 Å². The van der Waals surface area contributed by atoms with Crippen molar-refractivity contribution in [2.45, 2.75) is 284 Å². The first-order valence-corrected chi connectivity index (χ1v) is 27.1. The summed E-state index contributed by atoms with van der Waals surface area (Å²) in [6.45, 7) is 6.58. The maximum Gasteiger partial charge on any atom is 0.306 e. The van der Waals surface area contributed by atoms with Crippen LogP contribution in [0.25, 0.3) is 0 Å². The van der Waals surface area contributed by atoms with Crippen LogP contribution >= 0.6 is 0 Å². The van der Waals surface area contributed by atoms with Gasteiger partial charge in [0.2, 0.25) is 0 Å². The fourth-order valence-electron chi connectivity index (χ4n) is 7.68. The standard InChI is InChI=1S/C57H102O6/c1-4-7-10-13-16-19-22-24-26-27-28-29-31-33-36-39-42-45-48-51-57(60)63-54(52-61-55(58)49-46-43-40-37-34-21-18-15-12-9-6-3)53-62-56(59)50-47-44-41-38-35-32-30-25-23-20-17-14-11-8-5-2/h16-17,19-20,24-26,30,54H,4-15,18,21-23,27-29,31-53H2,1-3H3/b19-16-,20-17-,26-24-,30-25-/t54-/m0/s1. The van der Waals surface area contributed by atoms with E-state index in [1.54, 1.807) is 0 Å². The summed E-state index contributed by atoms with van der Waals surface area (Å²) < 4.78 is 16.8. The summed E-state index contributed by atoms with van der Waals surface area (Å²) in [5.74, 6) is -0.887. The lowest BCUT2D eigenvalue weighted by atomic mass is 10.1. The van der Waals surface area contributed by atoms with Crippen LogP contribution in [0.1, 0.15) is 278 Å². The normalized spacial score (nSPS) is 12.4. The quantitative estimate of drug-likeness (QED) is 0.0262. The molecule has 0 amide bonds. The molecule has 0 bridgehead atoms. The average molecular weight is 883 g/mol. The van der Waals surface area contributed by atoms with Gasteiger partial charge in [0, 0.05) is 19.3 Å². The number of allylic oxidation sites excluding steroid dienone is 8. The molecule has 0 aliphatic rings. The van der Waals surface area contributed by atoms with Gasteiger partial charge in [-0.15, -0.1) is 0 Å². The zero-order valence-electron chi connectivity index (χ0n) is 41.8. The van der Waals surface area contributed by atoms with E-state index in [0.717, 1.165) is 83.5 Å². The highest BCUT2D eigenvalue weighted by atomic mass is 16.6. The van der Waals surface area contributed by atoms with Gasteiger partial charge in [0.1, 0.15) is 13.2 Å². The molecule has 0 saturated carbocycles. The second-order valence-corrected chi connectivity index (χ2v) is 18.1. The Balaban J connectivity index is 4.35. The molecule has 0 aliphatic carbocycles. The molecule has 63 heavy (non-hydrogen) atoms. The topological polar surface area (TPSA) is 78.9 Å². The van der Waals surface area contributed by atoms with Gasteiger partial charge in [-0.1, -0.05) is 223 Å². The van der Waals surface area contributed by atoms with E-state index in [9.17, 15) is 14.4 Å². The summed E-state index contributed by atoms with van der Waals surface area (Å²) in [7, 11) is 0. The molecule has 0 N–H and O–H groups in total. The van der Waals surface area contributed by atoms with Crippen LogP contribution in [0, 0.1) is 0 Å². The van der Waals surface area contributed by atoms with Crippen molar-refractivity contribution < 1.29 is 28.6 Å². The Kier molecular flexibility index (Phi) is 49.8. The summed E-state index contributed by atoms with van der Waals surface area (Å²) in [6, 6.07) is 0. The van der Waals surface area contributed by atoms with Crippen LogP contribution in [0.5, 0.6) is 0 Å². The SMILES string of the molecule is CCCCC/C=C\C/C=C\CCCCCCCCCCCC(=O)O[C@H](COC(=O)CCCCCCC/C=C\C/C=C\CCCCC)COC(=O)CCCCCCCCCCCCC. The fourth-order valence-corrected chi connectivity index (χ4v) is 7.68. The Bertz CT molecular complexity index is 1110. The maximum absolute atomic E-state index is 12.8. The molecule has 6 nitrogen and oxygen atoms in total. The van der Waals surface area contributed by atoms with E-state index in [1.807, 2.05) is 0 Å². The van der Waals surface area contributed by atoms with Crippen molar-refractivity contribution in [3.63, 3.8) is 0 Å². The first-order chi connectivity index (χ1) is 31.0. The number of hydrogen-bond acceptors (Lipinski definition) is 6. The number of ether oxygens (including phenoxy) is 3. The number of carbonyl (C=O) groups is 3. The predicted molar refractivity (Wildman–Crippen MR) is 270 cm³/mol. The van der Waals surface area contributed by atoms with Gasteiger partial charge in [-0.05, 0) is 83.5 Å². The first-order valence-electron chi connectivity index (χ1n) is 27.1.